The van der Waals surface area contributed by atoms with Crippen molar-refractivity contribution >= 4 is 17.2 Å². The summed E-state index contributed by atoms with van der Waals surface area (Å²) in [5, 5.41) is 18.3. The molecule has 1 amide bonds. The van der Waals surface area contributed by atoms with Crippen molar-refractivity contribution in [2.45, 2.75) is 18.9 Å². The number of pyridine rings is 2. The Balaban J connectivity index is 1.25. The number of aromatic nitrogens is 5. The van der Waals surface area contributed by atoms with Crippen LogP contribution in [-0.2, 0) is 16.6 Å². The number of ether oxygens (including phenoxy) is 1. The first-order chi connectivity index (χ1) is 17.6. The molecule has 0 N–H and O–H groups in total. The third-order valence-corrected chi connectivity index (χ3v) is 6.95. The molecular formula is C26H26N8O2. The molecule has 2 saturated heterocycles. The number of nitrogens with zero attached hydrogens (tertiary/aromatic N) is 8. The number of carbonyl (C=O) groups excluding carboxylic acids is 1. The van der Waals surface area contributed by atoms with Crippen LogP contribution in [0.4, 0.5) is 5.82 Å². The van der Waals surface area contributed by atoms with Gasteiger partial charge in [-0.15, -0.1) is 0 Å². The molecule has 2 aliphatic heterocycles. The Kier molecular flexibility index (Phi) is 5.62. The van der Waals surface area contributed by atoms with Gasteiger partial charge in [0.25, 0.3) is 5.91 Å². The molecular weight excluding hydrogens is 456 g/mol. The molecule has 36 heavy (non-hydrogen) atoms. The van der Waals surface area contributed by atoms with Crippen molar-refractivity contribution in [1.82, 2.24) is 29.3 Å². The van der Waals surface area contributed by atoms with Crippen LogP contribution in [0.15, 0.2) is 49.2 Å². The maximum Gasteiger partial charge on any atom is 0.251 e. The van der Waals surface area contributed by atoms with E-state index in [0.717, 1.165) is 59.5 Å². The molecule has 0 aromatic carbocycles. The van der Waals surface area contributed by atoms with E-state index in [-0.39, 0.29) is 12.0 Å². The number of rotatable bonds is 4. The lowest BCUT2D eigenvalue weighted by atomic mass is 10.0. The van der Waals surface area contributed by atoms with Gasteiger partial charge in [0.15, 0.2) is 0 Å². The molecule has 10 nitrogen and oxygen atoms in total. The van der Waals surface area contributed by atoms with Gasteiger partial charge < -0.3 is 14.5 Å². The average Bonchev–Trinajstić information content (AvgIpc) is 3.69. The fourth-order valence-electron chi connectivity index (χ4n) is 5.02. The third kappa shape index (κ3) is 3.97. The van der Waals surface area contributed by atoms with Gasteiger partial charge in [0.05, 0.1) is 23.5 Å². The van der Waals surface area contributed by atoms with E-state index < -0.39 is 0 Å². The van der Waals surface area contributed by atoms with Crippen molar-refractivity contribution in [3.63, 3.8) is 0 Å². The van der Waals surface area contributed by atoms with Crippen LogP contribution in [0.25, 0.3) is 27.8 Å². The number of piperazine rings is 1. The molecule has 4 aromatic rings. The molecule has 1 unspecified atom stereocenters. The predicted molar refractivity (Wildman–Crippen MR) is 133 cm³/mol. The lowest BCUT2D eigenvalue weighted by Gasteiger charge is -2.36. The molecule has 0 saturated carbocycles. The second-order valence-corrected chi connectivity index (χ2v) is 9.23. The minimum absolute atomic E-state index is 0.113. The van der Waals surface area contributed by atoms with Gasteiger partial charge in [0.2, 0.25) is 0 Å². The Morgan fingerprint density at radius 3 is 2.58 bits per heavy atom. The van der Waals surface area contributed by atoms with E-state index in [4.69, 9.17) is 9.72 Å². The zero-order valence-electron chi connectivity index (χ0n) is 20.0. The molecule has 2 aliphatic rings. The van der Waals surface area contributed by atoms with Crippen molar-refractivity contribution in [2.24, 2.45) is 7.05 Å². The molecule has 6 heterocycles. The van der Waals surface area contributed by atoms with E-state index in [1.807, 2.05) is 48.9 Å². The molecule has 0 bridgehead atoms. The molecule has 0 aliphatic carbocycles. The predicted octanol–water partition coefficient (Wildman–Crippen LogP) is 2.50. The van der Waals surface area contributed by atoms with Crippen LogP contribution in [0.3, 0.4) is 0 Å². The summed E-state index contributed by atoms with van der Waals surface area (Å²) < 4.78 is 9.07. The van der Waals surface area contributed by atoms with Crippen molar-refractivity contribution in [3.05, 3.63) is 54.7 Å². The number of amides is 1. The Hall–Kier alpha value is -4.23. The van der Waals surface area contributed by atoms with Gasteiger partial charge in [-0.2, -0.15) is 15.5 Å². The number of nitriles is 1. The van der Waals surface area contributed by atoms with Crippen molar-refractivity contribution in [1.29, 1.82) is 5.26 Å². The maximum absolute atomic E-state index is 12.6. The van der Waals surface area contributed by atoms with Gasteiger partial charge in [0.1, 0.15) is 18.0 Å². The van der Waals surface area contributed by atoms with Crippen LogP contribution in [0, 0.1) is 11.3 Å². The van der Waals surface area contributed by atoms with Gasteiger partial charge in [-0.1, -0.05) is 0 Å². The monoisotopic (exact) mass is 482 g/mol. The summed E-state index contributed by atoms with van der Waals surface area (Å²) in [5.74, 6) is 0.985. The number of fused-ring (bicyclic) bond motifs is 1. The summed E-state index contributed by atoms with van der Waals surface area (Å²) in [6.07, 6.45) is 10.6. The van der Waals surface area contributed by atoms with Gasteiger partial charge >= 0.3 is 0 Å². The van der Waals surface area contributed by atoms with Gasteiger partial charge in [-0.25, -0.2) is 9.50 Å². The van der Waals surface area contributed by atoms with Crippen LogP contribution in [0.2, 0.25) is 0 Å². The summed E-state index contributed by atoms with van der Waals surface area (Å²) >= 11 is 0. The summed E-state index contributed by atoms with van der Waals surface area (Å²) in [6.45, 7) is 3.47. The summed E-state index contributed by atoms with van der Waals surface area (Å²) in [5.41, 5.74) is 4.97. The van der Waals surface area contributed by atoms with E-state index in [0.29, 0.717) is 25.3 Å². The highest BCUT2D eigenvalue weighted by Gasteiger charge is 2.30. The quantitative estimate of drug-likeness (QED) is 0.440. The first-order valence-corrected chi connectivity index (χ1v) is 12.1. The average molecular weight is 483 g/mol. The van der Waals surface area contributed by atoms with Crippen LogP contribution >= 0.6 is 0 Å². The van der Waals surface area contributed by atoms with Gasteiger partial charge in [-0.3, -0.25) is 9.48 Å². The molecule has 6 rings (SSSR count). The number of hydrogen-bond acceptors (Lipinski definition) is 7. The van der Waals surface area contributed by atoms with Crippen molar-refractivity contribution in [3.8, 4) is 28.3 Å². The summed E-state index contributed by atoms with van der Waals surface area (Å²) in [4.78, 5) is 21.5. The molecule has 10 heteroatoms. The topological polar surface area (TPSA) is 105 Å². The van der Waals surface area contributed by atoms with Gasteiger partial charge in [0, 0.05) is 80.7 Å². The number of carbonyl (C=O) groups is 1. The highest BCUT2D eigenvalue weighted by Crippen LogP contribution is 2.32. The van der Waals surface area contributed by atoms with E-state index in [2.05, 4.69) is 27.2 Å². The van der Waals surface area contributed by atoms with E-state index in [1.54, 1.807) is 15.4 Å². The Morgan fingerprint density at radius 2 is 1.92 bits per heavy atom. The van der Waals surface area contributed by atoms with Crippen LogP contribution in [0.1, 0.15) is 18.4 Å². The first kappa shape index (κ1) is 22.2. The lowest BCUT2D eigenvalue weighted by molar-refractivity contribution is -0.141. The van der Waals surface area contributed by atoms with Crippen LogP contribution in [-0.4, -0.2) is 74.1 Å². The van der Waals surface area contributed by atoms with Crippen LogP contribution < -0.4 is 4.90 Å². The van der Waals surface area contributed by atoms with E-state index in [9.17, 15) is 10.1 Å². The molecule has 0 radical (unpaired) electrons. The molecule has 1 atom stereocenters. The highest BCUT2D eigenvalue weighted by atomic mass is 16.5. The normalized spacial score (nSPS) is 18.1. The van der Waals surface area contributed by atoms with Crippen molar-refractivity contribution < 1.29 is 9.53 Å². The SMILES string of the molecule is Cn1cc(-c2cc(-c3ccc(N4CCN(C(=O)C5CCCO5)CC4)nc3)c3c(C#N)cnn3c2)cn1. The smallest absolute Gasteiger partial charge is 0.251 e. The molecule has 0 spiro atoms. The largest absolute Gasteiger partial charge is 0.368 e. The fourth-order valence-corrected chi connectivity index (χ4v) is 5.02. The third-order valence-electron chi connectivity index (χ3n) is 6.95. The fraction of sp³-hybridized carbons (Fsp3) is 0.346. The Morgan fingerprint density at radius 1 is 1.06 bits per heavy atom. The lowest BCUT2D eigenvalue weighted by Crippen LogP contribution is -2.51. The minimum Gasteiger partial charge on any atom is -0.368 e. The Bertz CT molecular complexity index is 1450. The highest BCUT2D eigenvalue weighted by molar-refractivity contribution is 5.87. The maximum atomic E-state index is 12.6. The second-order valence-electron chi connectivity index (χ2n) is 9.23. The number of anilines is 1. The second kappa shape index (κ2) is 9.09. The zero-order chi connectivity index (χ0) is 24.6. The first-order valence-electron chi connectivity index (χ1n) is 12.1. The van der Waals surface area contributed by atoms with Crippen molar-refractivity contribution in [2.75, 3.05) is 37.7 Å². The standard InChI is InChI=1S/C26H26N8O2/c1-31-16-21(15-29-31)19-11-22(25-20(12-27)14-30-34(25)17-19)18-4-5-24(28-13-18)32-6-8-33(9-7-32)26(35)23-3-2-10-36-23/h4-5,11,13-17,23H,2-3,6-10H2,1H3. The molecule has 2 fully saturated rings. The van der Waals surface area contributed by atoms with E-state index >= 15 is 0 Å². The minimum atomic E-state index is -0.268. The Labute approximate surface area is 208 Å². The number of hydrogen-bond donors (Lipinski definition) is 0. The summed E-state index contributed by atoms with van der Waals surface area (Å²) in [7, 11) is 1.88. The number of aryl methyl sites for hydroxylation is 1. The molecule has 182 valence electrons. The van der Waals surface area contributed by atoms with Gasteiger partial charge in [-0.05, 0) is 31.0 Å². The summed E-state index contributed by atoms with van der Waals surface area (Å²) in [6, 6.07) is 8.34. The molecule has 4 aromatic heterocycles. The van der Waals surface area contributed by atoms with Crippen LogP contribution in [0.5, 0.6) is 0 Å². The van der Waals surface area contributed by atoms with E-state index in [1.165, 1.54) is 0 Å². The zero-order valence-corrected chi connectivity index (χ0v) is 20.0.